The molecule has 17 heavy (non-hydrogen) atoms. The highest BCUT2D eigenvalue weighted by atomic mass is 19.4. The van der Waals surface area contributed by atoms with Crippen LogP contribution in [0.3, 0.4) is 0 Å². The van der Waals surface area contributed by atoms with E-state index in [9.17, 15) is 18.0 Å². The largest absolute Gasteiger partial charge is 0.389 e. The van der Waals surface area contributed by atoms with Gasteiger partial charge in [0.25, 0.3) is 0 Å². The van der Waals surface area contributed by atoms with Crippen molar-refractivity contribution >= 4 is 5.78 Å². The van der Waals surface area contributed by atoms with E-state index in [0.29, 0.717) is 6.42 Å². The van der Waals surface area contributed by atoms with E-state index in [1.807, 2.05) is 0 Å². The van der Waals surface area contributed by atoms with Crippen LogP contribution in [0.2, 0.25) is 0 Å². The molecule has 0 aromatic carbocycles. The average molecular weight is 252 g/mol. The van der Waals surface area contributed by atoms with E-state index in [1.54, 1.807) is 0 Å². The van der Waals surface area contributed by atoms with Crippen LogP contribution in [0, 0.1) is 0 Å². The molecular formula is C13H23F3O. The Labute approximate surface area is 102 Å². The van der Waals surface area contributed by atoms with Crippen LogP contribution in [0.25, 0.3) is 0 Å². The summed E-state index contributed by atoms with van der Waals surface area (Å²) in [6.07, 6.45) is 2.09. The van der Waals surface area contributed by atoms with Gasteiger partial charge in [0.05, 0.1) is 0 Å². The van der Waals surface area contributed by atoms with Gasteiger partial charge in [0.1, 0.15) is 5.78 Å². The first kappa shape index (κ1) is 16.5. The summed E-state index contributed by atoms with van der Waals surface area (Å²) >= 11 is 0. The summed E-state index contributed by atoms with van der Waals surface area (Å²) in [6, 6.07) is 0. The molecule has 1 nitrogen and oxygen atoms in total. The molecule has 0 fully saturated rings. The third-order valence-corrected chi connectivity index (χ3v) is 2.73. The van der Waals surface area contributed by atoms with Crippen LogP contribution in [-0.4, -0.2) is 12.0 Å². The molecule has 0 N–H and O–H groups in total. The standard InChI is InChI=1S/C13H23F3O/c1-2-3-4-5-6-7-9-12(17)10-8-11-13(14,15)16/h2-11H2,1H3. The first-order chi connectivity index (χ1) is 7.95. The van der Waals surface area contributed by atoms with E-state index in [2.05, 4.69) is 6.92 Å². The van der Waals surface area contributed by atoms with Crippen molar-refractivity contribution in [1.82, 2.24) is 0 Å². The number of unbranched alkanes of at least 4 members (excludes halogenated alkanes) is 5. The lowest BCUT2D eigenvalue weighted by molar-refractivity contribution is -0.137. The Morgan fingerprint density at radius 1 is 0.882 bits per heavy atom. The molecule has 0 aliphatic rings. The third kappa shape index (κ3) is 13.4. The van der Waals surface area contributed by atoms with E-state index >= 15 is 0 Å². The number of carbonyl (C=O) groups excluding carboxylic acids is 1. The van der Waals surface area contributed by atoms with Gasteiger partial charge in [-0.25, -0.2) is 0 Å². The number of hydrogen-bond acceptors (Lipinski definition) is 1. The normalized spacial score (nSPS) is 11.8. The van der Waals surface area contributed by atoms with Crippen LogP contribution in [0.5, 0.6) is 0 Å². The van der Waals surface area contributed by atoms with Gasteiger partial charge in [0.15, 0.2) is 0 Å². The quantitative estimate of drug-likeness (QED) is 0.498. The molecule has 0 radical (unpaired) electrons. The minimum atomic E-state index is -4.12. The molecule has 0 unspecified atom stereocenters. The Hall–Kier alpha value is -0.540. The van der Waals surface area contributed by atoms with Crippen LogP contribution in [0.15, 0.2) is 0 Å². The minimum absolute atomic E-state index is 0.0234. The van der Waals surface area contributed by atoms with Crippen molar-refractivity contribution in [3.63, 3.8) is 0 Å². The molecule has 0 aromatic heterocycles. The average Bonchev–Trinajstić information content (AvgIpc) is 2.21. The monoisotopic (exact) mass is 252 g/mol. The maximum absolute atomic E-state index is 11.8. The molecule has 4 heteroatoms. The Morgan fingerprint density at radius 2 is 1.41 bits per heavy atom. The van der Waals surface area contributed by atoms with Crippen molar-refractivity contribution in [3.8, 4) is 0 Å². The molecule has 0 heterocycles. The fourth-order valence-corrected chi connectivity index (χ4v) is 1.71. The zero-order valence-corrected chi connectivity index (χ0v) is 10.6. The van der Waals surface area contributed by atoms with E-state index < -0.39 is 12.6 Å². The van der Waals surface area contributed by atoms with Crippen LogP contribution in [0.4, 0.5) is 13.2 Å². The van der Waals surface area contributed by atoms with Crippen LogP contribution in [-0.2, 0) is 4.79 Å². The van der Waals surface area contributed by atoms with Gasteiger partial charge in [-0.15, -0.1) is 0 Å². The molecule has 0 spiro atoms. The maximum atomic E-state index is 11.8. The molecule has 0 rings (SSSR count). The molecule has 0 amide bonds. The SMILES string of the molecule is CCCCCCCCC(=O)CCCC(F)(F)F. The van der Waals surface area contributed by atoms with Gasteiger partial charge in [-0.05, 0) is 12.8 Å². The van der Waals surface area contributed by atoms with Crippen molar-refractivity contribution in [1.29, 1.82) is 0 Å². The lowest BCUT2D eigenvalue weighted by Crippen LogP contribution is -2.08. The highest BCUT2D eigenvalue weighted by Gasteiger charge is 2.26. The van der Waals surface area contributed by atoms with Crippen molar-refractivity contribution in [2.75, 3.05) is 0 Å². The number of carbonyl (C=O) groups is 1. The topological polar surface area (TPSA) is 17.1 Å². The summed E-state index contributed by atoms with van der Waals surface area (Å²) in [5, 5.41) is 0. The summed E-state index contributed by atoms with van der Waals surface area (Å²) < 4.78 is 35.5. The Bertz CT molecular complexity index is 199. The molecule has 102 valence electrons. The number of halogens is 3. The van der Waals surface area contributed by atoms with Crippen molar-refractivity contribution in [2.45, 2.75) is 77.3 Å². The van der Waals surface area contributed by atoms with Crippen LogP contribution in [0.1, 0.15) is 71.1 Å². The van der Waals surface area contributed by atoms with E-state index in [-0.39, 0.29) is 18.6 Å². The van der Waals surface area contributed by atoms with Gasteiger partial charge in [0, 0.05) is 19.3 Å². The van der Waals surface area contributed by atoms with Gasteiger partial charge in [0.2, 0.25) is 0 Å². The van der Waals surface area contributed by atoms with Gasteiger partial charge in [-0.1, -0.05) is 39.0 Å². The van der Waals surface area contributed by atoms with Gasteiger partial charge >= 0.3 is 6.18 Å². The second kappa shape index (κ2) is 9.49. The number of hydrogen-bond donors (Lipinski definition) is 0. The first-order valence-electron chi connectivity index (χ1n) is 6.54. The van der Waals surface area contributed by atoms with Gasteiger partial charge < -0.3 is 0 Å². The van der Waals surface area contributed by atoms with Crippen LogP contribution < -0.4 is 0 Å². The maximum Gasteiger partial charge on any atom is 0.389 e. The highest BCUT2D eigenvalue weighted by molar-refractivity contribution is 5.78. The first-order valence-corrected chi connectivity index (χ1v) is 6.54. The second-order valence-corrected chi connectivity index (χ2v) is 4.53. The molecule has 0 aliphatic heterocycles. The summed E-state index contributed by atoms with van der Waals surface area (Å²) in [5.41, 5.74) is 0. The third-order valence-electron chi connectivity index (χ3n) is 2.73. The van der Waals surface area contributed by atoms with E-state index in [0.717, 1.165) is 19.3 Å². The Kier molecular flexibility index (Phi) is 9.18. The predicted molar refractivity (Wildman–Crippen MR) is 62.9 cm³/mol. The summed E-state index contributed by atoms with van der Waals surface area (Å²) in [6.45, 7) is 2.14. The molecule has 0 saturated heterocycles. The number of rotatable bonds is 10. The van der Waals surface area contributed by atoms with Crippen molar-refractivity contribution in [2.24, 2.45) is 0 Å². The predicted octanol–water partition coefficient (Wildman–Crippen LogP) is 5.04. The van der Waals surface area contributed by atoms with Crippen molar-refractivity contribution in [3.05, 3.63) is 0 Å². The Morgan fingerprint density at radius 3 is 2.00 bits per heavy atom. The van der Waals surface area contributed by atoms with Crippen LogP contribution >= 0.6 is 0 Å². The Balaban J connectivity index is 3.29. The lowest BCUT2D eigenvalue weighted by Gasteiger charge is -2.05. The van der Waals surface area contributed by atoms with Gasteiger partial charge in [-0.3, -0.25) is 4.79 Å². The molecule has 0 bridgehead atoms. The summed E-state index contributed by atoms with van der Waals surface area (Å²) in [4.78, 5) is 11.3. The fraction of sp³-hybridized carbons (Fsp3) is 0.923. The zero-order valence-electron chi connectivity index (χ0n) is 10.6. The molecule has 0 atom stereocenters. The highest BCUT2D eigenvalue weighted by Crippen LogP contribution is 2.22. The minimum Gasteiger partial charge on any atom is -0.300 e. The zero-order chi connectivity index (χ0) is 13.1. The smallest absolute Gasteiger partial charge is 0.300 e. The fourth-order valence-electron chi connectivity index (χ4n) is 1.71. The molecular weight excluding hydrogens is 229 g/mol. The van der Waals surface area contributed by atoms with E-state index in [4.69, 9.17) is 0 Å². The number of Topliss-reactive ketones (excluding diaryl/α,β-unsaturated/α-hetero) is 1. The molecule has 0 aliphatic carbocycles. The van der Waals surface area contributed by atoms with Gasteiger partial charge in [-0.2, -0.15) is 13.2 Å². The number of ketones is 1. The van der Waals surface area contributed by atoms with E-state index in [1.165, 1.54) is 19.3 Å². The number of alkyl halides is 3. The summed E-state index contributed by atoms with van der Waals surface area (Å²) in [7, 11) is 0. The molecule has 0 aromatic rings. The lowest BCUT2D eigenvalue weighted by atomic mass is 10.0. The molecule has 0 saturated carbocycles. The summed E-state index contributed by atoms with van der Waals surface area (Å²) in [5.74, 6) is -0.0234. The van der Waals surface area contributed by atoms with Crippen molar-refractivity contribution < 1.29 is 18.0 Å². The second-order valence-electron chi connectivity index (χ2n) is 4.53.